The molecule has 0 bridgehead atoms. The average molecular weight is 319 g/mol. The van der Waals surface area contributed by atoms with Crippen LogP contribution < -0.4 is 4.72 Å². The van der Waals surface area contributed by atoms with Crippen LogP contribution in [0.2, 0.25) is 0 Å². The number of carbonyl (C=O) groups is 1. The maximum atomic E-state index is 12.4. The molecule has 20 heavy (non-hydrogen) atoms. The van der Waals surface area contributed by atoms with Crippen molar-refractivity contribution in [2.75, 3.05) is 25.0 Å². The monoisotopic (exact) mass is 319 g/mol. The molecule has 1 N–H and O–H groups in total. The van der Waals surface area contributed by atoms with Crippen LogP contribution in [0.3, 0.4) is 0 Å². The van der Waals surface area contributed by atoms with Crippen LogP contribution >= 0.6 is 11.3 Å². The first kappa shape index (κ1) is 15.3. The third-order valence-electron chi connectivity index (χ3n) is 3.20. The zero-order chi connectivity index (χ0) is 14.8. The van der Waals surface area contributed by atoms with Gasteiger partial charge in [-0.1, -0.05) is 0 Å². The lowest BCUT2D eigenvalue weighted by Crippen LogP contribution is -2.33. The van der Waals surface area contributed by atoms with Crippen molar-refractivity contribution in [1.29, 1.82) is 0 Å². The Balaban J connectivity index is 2.24. The van der Waals surface area contributed by atoms with Gasteiger partial charge in [-0.3, -0.25) is 4.72 Å². The predicted molar refractivity (Wildman–Crippen MR) is 76.8 cm³/mol. The molecule has 1 aromatic heterocycles. The summed E-state index contributed by atoms with van der Waals surface area (Å²) in [6, 6.07) is 0. The van der Waals surface area contributed by atoms with Crippen molar-refractivity contribution >= 4 is 33.0 Å². The molecule has 0 aliphatic carbocycles. The Labute approximate surface area is 122 Å². The summed E-state index contributed by atoms with van der Waals surface area (Å²) in [7, 11) is -2.25. The Kier molecular flexibility index (Phi) is 4.66. The second kappa shape index (κ2) is 6.11. The van der Waals surface area contributed by atoms with E-state index in [0.29, 0.717) is 37.3 Å². The van der Waals surface area contributed by atoms with Gasteiger partial charge >= 0.3 is 5.97 Å². The van der Waals surface area contributed by atoms with E-state index in [9.17, 15) is 13.2 Å². The lowest BCUT2D eigenvalue weighted by atomic mass is 10.2. The maximum Gasteiger partial charge on any atom is 0.350 e. The molecular formula is C12H17NO5S2. The molecule has 0 atom stereocenters. The van der Waals surface area contributed by atoms with Crippen molar-refractivity contribution in [3.8, 4) is 0 Å². The highest BCUT2D eigenvalue weighted by Crippen LogP contribution is 2.30. The van der Waals surface area contributed by atoms with Crippen LogP contribution in [-0.2, 0) is 19.5 Å². The number of carbonyl (C=O) groups excluding carboxylic acids is 1. The number of hydrogen-bond acceptors (Lipinski definition) is 6. The Morgan fingerprint density at radius 2 is 2.10 bits per heavy atom. The van der Waals surface area contributed by atoms with E-state index in [1.165, 1.54) is 18.4 Å². The number of rotatable bonds is 4. The number of nitrogens with one attached hydrogen (secondary N) is 1. The molecule has 0 saturated carbocycles. The number of methoxy groups -OCH3 is 1. The van der Waals surface area contributed by atoms with Crippen LogP contribution in [0.1, 0.15) is 28.1 Å². The lowest BCUT2D eigenvalue weighted by Gasteiger charge is -2.23. The summed E-state index contributed by atoms with van der Waals surface area (Å²) >= 11 is 1.17. The van der Waals surface area contributed by atoms with Crippen molar-refractivity contribution in [1.82, 2.24) is 0 Å². The fourth-order valence-corrected chi connectivity index (χ4v) is 4.54. The van der Waals surface area contributed by atoms with Gasteiger partial charge in [-0.15, -0.1) is 11.3 Å². The van der Waals surface area contributed by atoms with Crippen LogP contribution in [0.25, 0.3) is 0 Å². The normalized spacial score (nSPS) is 16.9. The van der Waals surface area contributed by atoms with E-state index < -0.39 is 21.2 Å². The third-order valence-corrected chi connectivity index (χ3v) is 6.11. The van der Waals surface area contributed by atoms with Gasteiger partial charge in [-0.25, -0.2) is 13.2 Å². The zero-order valence-electron chi connectivity index (χ0n) is 11.3. The molecule has 1 aliphatic rings. The maximum absolute atomic E-state index is 12.4. The van der Waals surface area contributed by atoms with Crippen LogP contribution in [0, 0.1) is 6.92 Å². The summed E-state index contributed by atoms with van der Waals surface area (Å²) in [4.78, 5) is 11.9. The molecule has 0 radical (unpaired) electrons. The summed E-state index contributed by atoms with van der Waals surface area (Å²) < 4.78 is 37.1. The van der Waals surface area contributed by atoms with E-state index >= 15 is 0 Å². The third kappa shape index (κ3) is 3.13. The average Bonchev–Trinajstić information content (AvgIpc) is 2.80. The number of esters is 1. The highest BCUT2D eigenvalue weighted by Gasteiger charge is 2.30. The Morgan fingerprint density at radius 1 is 1.45 bits per heavy atom. The molecule has 0 aromatic carbocycles. The molecule has 1 saturated heterocycles. The smallest absolute Gasteiger partial charge is 0.350 e. The quantitative estimate of drug-likeness (QED) is 0.855. The minimum atomic E-state index is -3.52. The number of ether oxygens (including phenoxy) is 2. The lowest BCUT2D eigenvalue weighted by molar-refractivity contribution is 0.0607. The van der Waals surface area contributed by atoms with E-state index in [1.54, 1.807) is 12.3 Å². The van der Waals surface area contributed by atoms with E-state index in [1.807, 2.05) is 0 Å². The molecule has 1 aromatic rings. The summed E-state index contributed by atoms with van der Waals surface area (Å²) in [5.74, 6) is -0.534. The SMILES string of the molecule is COC(=O)c1scc(C)c1NS(=O)(=O)C1CCOCC1. The zero-order valence-corrected chi connectivity index (χ0v) is 13.0. The number of thiophene rings is 1. The molecule has 0 spiro atoms. The molecule has 0 unspecified atom stereocenters. The fraction of sp³-hybridized carbons (Fsp3) is 0.583. The summed E-state index contributed by atoms with van der Waals surface area (Å²) in [5, 5.41) is 1.25. The minimum Gasteiger partial charge on any atom is -0.465 e. The summed E-state index contributed by atoms with van der Waals surface area (Å²) in [6.07, 6.45) is 0.929. The number of hydrogen-bond donors (Lipinski definition) is 1. The van der Waals surface area contributed by atoms with E-state index in [4.69, 9.17) is 4.74 Å². The molecule has 2 heterocycles. The van der Waals surface area contributed by atoms with Crippen LogP contribution in [0.15, 0.2) is 5.38 Å². The van der Waals surface area contributed by atoms with Gasteiger partial charge in [0.2, 0.25) is 10.0 Å². The first-order valence-electron chi connectivity index (χ1n) is 6.21. The van der Waals surface area contributed by atoms with E-state index in [2.05, 4.69) is 9.46 Å². The van der Waals surface area contributed by atoms with Gasteiger partial charge in [0.1, 0.15) is 4.88 Å². The standard InChI is InChI=1S/C12H17NO5S2/c1-8-7-19-11(12(14)17-2)10(8)13-20(15,16)9-3-5-18-6-4-9/h7,9,13H,3-6H2,1-2H3. The van der Waals surface area contributed by atoms with Gasteiger partial charge in [0.15, 0.2) is 0 Å². The summed E-state index contributed by atoms with van der Waals surface area (Å²) in [5.41, 5.74) is 1.04. The Bertz CT molecular complexity index is 587. The van der Waals surface area contributed by atoms with Crippen molar-refractivity contribution in [2.45, 2.75) is 25.0 Å². The molecule has 6 nitrogen and oxygen atoms in total. The van der Waals surface area contributed by atoms with Gasteiger partial charge < -0.3 is 9.47 Å². The van der Waals surface area contributed by atoms with Crippen molar-refractivity contribution in [3.05, 3.63) is 15.8 Å². The second-order valence-corrected chi connectivity index (χ2v) is 7.41. The van der Waals surface area contributed by atoms with Crippen LogP contribution in [0.5, 0.6) is 0 Å². The fourth-order valence-electron chi connectivity index (χ4n) is 2.03. The van der Waals surface area contributed by atoms with Gasteiger partial charge in [-0.05, 0) is 30.7 Å². The first-order chi connectivity index (χ1) is 9.45. The van der Waals surface area contributed by atoms with Crippen LogP contribution in [-0.4, -0.2) is 40.0 Å². The second-order valence-electron chi connectivity index (χ2n) is 4.57. The van der Waals surface area contributed by atoms with Gasteiger partial charge in [0, 0.05) is 13.2 Å². The highest BCUT2D eigenvalue weighted by atomic mass is 32.2. The minimum absolute atomic E-state index is 0.278. The Hall–Kier alpha value is -1.12. The predicted octanol–water partition coefficient (Wildman–Crippen LogP) is 1.76. The number of sulfonamides is 1. The first-order valence-corrected chi connectivity index (χ1v) is 8.64. The molecule has 112 valence electrons. The van der Waals surface area contributed by atoms with Gasteiger partial charge in [0.05, 0.1) is 18.0 Å². The molecule has 1 fully saturated rings. The van der Waals surface area contributed by atoms with Gasteiger partial charge in [-0.2, -0.15) is 0 Å². The number of anilines is 1. The molecular weight excluding hydrogens is 302 g/mol. The summed E-state index contributed by atoms with van der Waals surface area (Å²) in [6.45, 7) is 2.64. The topological polar surface area (TPSA) is 81.7 Å². The van der Waals surface area contributed by atoms with E-state index in [0.717, 1.165) is 0 Å². The van der Waals surface area contributed by atoms with Crippen molar-refractivity contribution in [3.63, 3.8) is 0 Å². The number of aryl methyl sites for hydroxylation is 1. The van der Waals surface area contributed by atoms with Crippen molar-refractivity contribution < 1.29 is 22.7 Å². The van der Waals surface area contributed by atoms with Gasteiger partial charge in [0.25, 0.3) is 0 Å². The molecule has 8 heteroatoms. The van der Waals surface area contributed by atoms with Crippen LogP contribution in [0.4, 0.5) is 5.69 Å². The highest BCUT2D eigenvalue weighted by molar-refractivity contribution is 7.93. The van der Waals surface area contributed by atoms with E-state index in [-0.39, 0.29) is 4.88 Å². The molecule has 0 amide bonds. The molecule has 1 aliphatic heterocycles. The Morgan fingerprint density at radius 3 is 2.70 bits per heavy atom. The molecule has 2 rings (SSSR count). The van der Waals surface area contributed by atoms with Crippen molar-refractivity contribution in [2.24, 2.45) is 0 Å². The largest absolute Gasteiger partial charge is 0.465 e.